The molecule has 2 N–H and O–H groups in total. The number of aromatic nitrogens is 1. The van der Waals surface area contributed by atoms with Crippen molar-refractivity contribution in [3.8, 4) is 0 Å². The lowest BCUT2D eigenvalue weighted by molar-refractivity contribution is -0.0585. The number of rotatable bonds is 1. The van der Waals surface area contributed by atoms with Crippen molar-refractivity contribution < 1.29 is 9.53 Å². The second kappa shape index (κ2) is 5.33. The second-order valence-corrected chi connectivity index (χ2v) is 5.57. The number of pyridine rings is 1. The summed E-state index contributed by atoms with van der Waals surface area (Å²) >= 11 is 0. The number of hydrogen-bond donors (Lipinski definition) is 1. The summed E-state index contributed by atoms with van der Waals surface area (Å²) in [5.41, 5.74) is 6.49. The van der Waals surface area contributed by atoms with Gasteiger partial charge in [0, 0.05) is 24.7 Å². The molecule has 1 aromatic heterocycles. The van der Waals surface area contributed by atoms with Gasteiger partial charge in [-0.05, 0) is 19.2 Å². The van der Waals surface area contributed by atoms with E-state index in [1.807, 2.05) is 43.0 Å². The normalized spacial score (nSPS) is 22.5. The van der Waals surface area contributed by atoms with Crippen molar-refractivity contribution in [3.63, 3.8) is 0 Å². The number of amides is 1. The zero-order valence-electron chi connectivity index (χ0n) is 12.2. The molecule has 2 heterocycles. The van der Waals surface area contributed by atoms with Crippen molar-refractivity contribution in [2.45, 2.75) is 26.1 Å². The molecule has 0 unspecified atom stereocenters. The van der Waals surface area contributed by atoms with Crippen LogP contribution in [0.4, 0.5) is 5.82 Å². The molecule has 5 nitrogen and oxygen atoms in total. The number of nitrogens with zero attached hydrogens (tertiary/aromatic N) is 2. The minimum Gasteiger partial charge on any atom is -0.383 e. The molecule has 1 saturated heterocycles. The van der Waals surface area contributed by atoms with Gasteiger partial charge in [0.1, 0.15) is 5.82 Å². The highest BCUT2D eigenvalue weighted by molar-refractivity contribution is 6.09. The number of ether oxygens (including phenoxy) is 1. The van der Waals surface area contributed by atoms with Crippen molar-refractivity contribution in [1.82, 2.24) is 9.88 Å². The standard InChI is InChI=1S/C16H19N3O2/c1-10-8-19(9-11(2)21-10)16(20)14-7-18-15(17)13-6-4-3-5-12(13)14/h3-7,10-11H,8-9H2,1-2H3,(H2,17,18)/t10-,11+. The van der Waals surface area contributed by atoms with E-state index < -0.39 is 0 Å². The number of carbonyl (C=O) groups is 1. The molecule has 21 heavy (non-hydrogen) atoms. The molecule has 3 rings (SSSR count). The minimum atomic E-state index is -0.0132. The molecule has 0 bridgehead atoms. The van der Waals surface area contributed by atoms with E-state index in [1.165, 1.54) is 0 Å². The van der Waals surface area contributed by atoms with Crippen LogP contribution >= 0.6 is 0 Å². The number of morpholine rings is 1. The Labute approximate surface area is 123 Å². The van der Waals surface area contributed by atoms with Crippen LogP contribution in [0.1, 0.15) is 24.2 Å². The smallest absolute Gasteiger partial charge is 0.256 e. The van der Waals surface area contributed by atoms with Crippen molar-refractivity contribution in [2.75, 3.05) is 18.8 Å². The third kappa shape index (κ3) is 2.56. The van der Waals surface area contributed by atoms with Gasteiger partial charge in [0.2, 0.25) is 0 Å². The van der Waals surface area contributed by atoms with E-state index in [9.17, 15) is 4.79 Å². The molecule has 0 radical (unpaired) electrons. The average molecular weight is 285 g/mol. The van der Waals surface area contributed by atoms with Crippen molar-refractivity contribution in [1.29, 1.82) is 0 Å². The molecule has 2 atom stereocenters. The lowest BCUT2D eigenvalue weighted by Gasteiger charge is -2.35. The molecule has 0 saturated carbocycles. The van der Waals surface area contributed by atoms with Gasteiger partial charge in [-0.3, -0.25) is 4.79 Å². The zero-order valence-corrected chi connectivity index (χ0v) is 12.2. The molecular weight excluding hydrogens is 266 g/mol. The van der Waals surface area contributed by atoms with Gasteiger partial charge in [0.25, 0.3) is 5.91 Å². The molecule has 2 aromatic rings. The van der Waals surface area contributed by atoms with Crippen LogP contribution < -0.4 is 5.73 Å². The Balaban J connectivity index is 2.00. The van der Waals surface area contributed by atoms with Crippen LogP contribution in [0, 0.1) is 0 Å². The van der Waals surface area contributed by atoms with E-state index in [4.69, 9.17) is 10.5 Å². The van der Waals surface area contributed by atoms with Gasteiger partial charge in [-0.25, -0.2) is 4.98 Å². The van der Waals surface area contributed by atoms with Crippen molar-refractivity contribution in [3.05, 3.63) is 36.0 Å². The third-order valence-corrected chi connectivity index (χ3v) is 3.76. The number of nitrogens with two attached hydrogens (primary N) is 1. The van der Waals surface area contributed by atoms with Gasteiger partial charge in [-0.2, -0.15) is 0 Å². The Morgan fingerprint density at radius 3 is 2.52 bits per heavy atom. The van der Waals surface area contributed by atoms with Crippen LogP contribution in [0.5, 0.6) is 0 Å². The van der Waals surface area contributed by atoms with E-state index in [1.54, 1.807) is 6.20 Å². The van der Waals surface area contributed by atoms with Gasteiger partial charge in [0.15, 0.2) is 0 Å². The topological polar surface area (TPSA) is 68.5 Å². The summed E-state index contributed by atoms with van der Waals surface area (Å²) in [5.74, 6) is 0.437. The Bertz CT molecular complexity index is 676. The Morgan fingerprint density at radius 1 is 1.24 bits per heavy atom. The highest BCUT2D eigenvalue weighted by Gasteiger charge is 2.27. The Morgan fingerprint density at radius 2 is 1.86 bits per heavy atom. The molecular formula is C16H19N3O2. The van der Waals surface area contributed by atoms with Gasteiger partial charge < -0.3 is 15.4 Å². The first-order valence-electron chi connectivity index (χ1n) is 7.14. The molecule has 1 aliphatic rings. The first kappa shape index (κ1) is 13.8. The highest BCUT2D eigenvalue weighted by Crippen LogP contribution is 2.24. The number of benzene rings is 1. The van der Waals surface area contributed by atoms with Gasteiger partial charge in [-0.1, -0.05) is 24.3 Å². The van der Waals surface area contributed by atoms with Crippen LogP contribution in [0.3, 0.4) is 0 Å². The lowest BCUT2D eigenvalue weighted by Crippen LogP contribution is -2.48. The lowest BCUT2D eigenvalue weighted by atomic mass is 10.1. The van der Waals surface area contributed by atoms with Crippen LogP contribution in [-0.2, 0) is 4.74 Å². The highest BCUT2D eigenvalue weighted by atomic mass is 16.5. The number of nitrogen functional groups attached to an aromatic ring is 1. The maximum Gasteiger partial charge on any atom is 0.256 e. The monoisotopic (exact) mass is 285 g/mol. The first-order chi connectivity index (χ1) is 10.1. The second-order valence-electron chi connectivity index (χ2n) is 5.57. The quantitative estimate of drug-likeness (QED) is 0.871. The van der Waals surface area contributed by atoms with E-state index in [0.29, 0.717) is 24.5 Å². The van der Waals surface area contributed by atoms with Crippen molar-refractivity contribution >= 4 is 22.5 Å². The summed E-state index contributed by atoms with van der Waals surface area (Å²) in [5, 5.41) is 1.67. The van der Waals surface area contributed by atoms with Gasteiger partial charge in [-0.15, -0.1) is 0 Å². The largest absolute Gasteiger partial charge is 0.383 e. The summed E-state index contributed by atoms with van der Waals surface area (Å²) in [4.78, 5) is 18.8. The molecule has 1 aromatic carbocycles. The molecule has 5 heteroatoms. The minimum absolute atomic E-state index is 0.0132. The van der Waals surface area contributed by atoms with Gasteiger partial charge in [0.05, 0.1) is 17.8 Å². The van der Waals surface area contributed by atoms with Crippen LogP contribution in [-0.4, -0.2) is 41.1 Å². The third-order valence-electron chi connectivity index (χ3n) is 3.76. The summed E-state index contributed by atoms with van der Waals surface area (Å²) in [6.45, 7) is 5.16. The maximum atomic E-state index is 12.8. The van der Waals surface area contributed by atoms with E-state index in [-0.39, 0.29) is 18.1 Å². The van der Waals surface area contributed by atoms with Crippen molar-refractivity contribution in [2.24, 2.45) is 0 Å². The van der Waals surface area contributed by atoms with Gasteiger partial charge >= 0.3 is 0 Å². The molecule has 0 aliphatic carbocycles. The Hall–Kier alpha value is -2.14. The van der Waals surface area contributed by atoms with E-state index in [0.717, 1.165) is 10.8 Å². The molecule has 1 amide bonds. The summed E-state index contributed by atoms with van der Waals surface area (Å²) in [7, 11) is 0. The zero-order chi connectivity index (χ0) is 15.0. The van der Waals surface area contributed by atoms with E-state index >= 15 is 0 Å². The number of fused-ring (bicyclic) bond motifs is 1. The van der Waals surface area contributed by atoms with E-state index in [2.05, 4.69) is 4.98 Å². The summed E-state index contributed by atoms with van der Waals surface area (Å²) in [6, 6.07) is 7.60. The predicted octanol–water partition coefficient (Wildman–Crippen LogP) is 2.07. The number of hydrogen-bond acceptors (Lipinski definition) is 4. The summed E-state index contributed by atoms with van der Waals surface area (Å²) in [6.07, 6.45) is 1.67. The fourth-order valence-corrected chi connectivity index (χ4v) is 2.90. The molecule has 1 aliphatic heterocycles. The fraction of sp³-hybridized carbons (Fsp3) is 0.375. The van der Waals surface area contributed by atoms with Crippen LogP contribution in [0.15, 0.2) is 30.5 Å². The predicted molar refractivity (Wildman–Crippen MR) is 82.1 cm³/mol. The molecule has 1 fully saturated rings. The first-order valence-corrected chi connectivity index (χ1v) is 7.14. The number of anilines is 1. The number of carbonyl (C=O) groups excluding carboxylic acids is 1. The average Bonchev–Trinajstić information content (AvgIpc) is 2.46. The van der Waals surface area contributed by atoms with Crippen LogP contribution in [0.2, 0.25) is 0 Å². The molecule has 0 spiro atoms. The maximum absolute atomic E-state index is 12.8. The Kier molecular flexibility index (Phi) is 3.51. The SMILES string of the molecule is C[C@@H]1CN(C(=O)c2cnc(N)c3ccccc23)C[C@H](C)O1. The fourth-order valence-electron chi connectivity index (χ4n) is 2.90. The summed E-state index contributed by atoms with van der Waals surface area (Å²) < 4.78 is 5.68. The molecule has 110 valence electrons. The van der Waals surface area contributed by atoms with Crippen LogP contribution in [0.25, 0.3) is 10.8 Å².